The molecule has 0 aromatic heterocycles. The number of benzene rings is 1. The fourth-order valence-electron chi connectivity index (χ4n) is 1.27. The van der Waals surface area contributed by atoms with E-state index in [1.807, 2.05) is 32.0 Å². The summed E-state index contributed by atoms with van der Waals surface area (Å²) in [5, 5.41) is 0.831. The van der Waals surface area contributed by atoms with E-state index in [1.54, 1.807) is 7.11 Å². The van der Waals surface area contributed by atoms with Gasteiger partial charge in [-0.1, -0.05) is 36.7 Å². The summed E-state index contributed by atoms with van der Waals surface area (Å²) < 4.78 is 5.06. The van der Waals surface area contributed by atoms with Gasteiger partial charge in [-0.3, -0.25) is 0 Å². The molecule has 0 bridgehead atoms. The topological polar surface area (TPSA) is 9.23 Å². The first-order chi connectivity index (χ1) is 6.16. The SMILES string of the molecule is COC[C](C)c1cccc(C)c1Cl. The largest absolute Gasteiger partial charge is 0.384 e. The lowest BCUT2D eigenvalue weighted by Crippen LogP contribution is -2.03. The van der Waals surface area contributed by atoms with Crippen LogP contribution in [-0.4, -0.2) is 13.7 Å². The van der Waals surface area contributed by atoms with Gasteiger partial charge in [-0.05, 0) is 18.1 Å². The van der Waals surface area contributed by atoms with E-state index in [-0.39, 0.29) is 0 Å². The Kier molecular flexibility index (Phi) is 3.76. The van der Waals surface area contributed by atoms with Crippen LogP contribution in [-0.2, 0) is 4.74 Å². The molecule has 0 saturated carbocycles. The number of hydrogen-bond donors (Lipinski definition) is 0. The van der Waals surface area contributed by atoms with Gasteiger partial charge in [-0.25, -0.2) is 0 Å². The van der Waals surface area contributed by atoms with E-state index in [0.29, 0.717) is 6.61 Å². The molecule has 1 aromatic rings. The minimum Gasteiger partial charge on any atom is -0.384 e. The maximum atomic E-state index is 6.15. The van der Waals surface area contributed by atoms with Crippen LogP contribution in [0.5, 0.6) is 0 Å². The number of methoxy groups -OCH3 is 1. The summed E-state index contributed by atoms with van der Waals surface area (Å²) in [5.41, 5.74) is 2.19. The van der Waals surface area contributed by atoms with Gasteiger partial charge in [-0.15, -0.1) is 0 Å². The van der Waals surface area contributed by atoms with Gasteiger partial charge in [-0.2, -0.15) is 0 Å². The molecule has 1 rings (SSSR count). The van der Waals surface area contributed by atoms with Crippen LogP contribution in [0.25, 0.3) is 0 Å². The van der Waals surface area contributed by atoms with Crippen molar-refractivity contribution in [2.24, 2.45) is 0 Å². The summed E-state index contributed by atoms with van der Waals surface area (Å²) in [7, 11) is 1.69. The molecule has 2 heteroatoms. The quantitative estimate of drug-likeness (QED) is 0.723. The Balaban J connectivity index is 2.93. The van der Waals surface area contributed by atoms with Gasteiger partial charge >= 0.3 is 0 Å². The van der Waals surface area contributed by atoms with Gasteiger partial charge in [0, 0.05) is 18.1 Å². The second kappa shape index (κ2) is 4.64. The first kappa shape index (κ1) is 10.6. The molecular weight excluding hydrogens is 184 g/mol. The summed E-state index contributed by atoms with van der Waals surface area (Å²) in [6, 6.07) is 6.03. The van der Waals surface area contributed by atoms with Crippen LogP contribution >= 0.6 is 11.6 Å². The highest BCUT2D eigenvalue weighted by Gasteiger charge is 2.10. The Morgan fingerprint density at radius 1 is 1.46 bits per heavy atom. The minimum atomic E-state index is 0.628. The lowest BCUT2D eigenvalue weighted by molar-refractivity contribution is 0.214. The zero-order valence-corrected chi connectivity index (χ0v) is 8.98. The molecule has 0 fully saturated rings. The lowest BCUT2D eigenvalue weighted by Gasteiger charge is -2.12. The molecule has 0 spiro atoms. The minimum absolute atomic E-state index is 0.628. The van der Waals surface area contributed by atoms with Crippen molar-refractivity contribution in [2.75, 3.05) is 13.7 Å². The fraction of sp³-hybridized carbons (Fsp3) is 0.364. The molecule has 0 unspecified atom stereocenters. The third-order valence-electron chi connectivity index (χ3n) is 2.01. The van der Waals surface area contributed by atoms with Gasteiger partial charge in [0.2, 0.25) is 0 Å². The molecule has 0 aliphatic carbocycles. The molecule has 71 valence electrons. The highest BCUT2D eigenvalue weighted by Crippen LogP contribution is 2.26. The van der Waals surface area contributed by atoms with Crippen LogP contribution in [0.1, 0.15) is 18.1 Å². The number of hydrogen-bond acceptors (Lipinski definition) is 1. The number of halogens is 1. The van der Waals surface area contributed by atoms with Crippen molar-refractivity contribution < 1.29 is 4.74 Å². The molecular formula is C11H14ClO. The summed E-state index contributed by atoms with van der Waals surface area (Å²) in [5.74, 6) is 1.16. The normalized spacial score (nSPS) is 10.8. The van der Waals surface area contributed by atoms with Crippen molar-refractivity contribution in [3.05, 3.63) is 40.3 Å². The summed E-state index contributed by atoms with van der Waals surface area (Å²) in [6.45, 7) is 4.67. The van der Waals surface area contributed by atoms with Crippen LogP contribution in [0.15, 0.2) is 18.2 Å². The van der Waals surface area contributed by atoms with Crippen LogP contribution in [0.3, 0.4) is 0 Å². The smallest absolute Gasteiger partial charge is 0.0566 e. The zero-order chi connectivity index (χ0) is 9.84. The predicted octanol–water partition coefficient (Wildman–Crippen LogP) is 3.24. The molecule has 1 nitrogen and oxygen atoms in total. The Hall–Kier alpha value is -0.530. The van der Waals surface area contributed by atoms with Crippen molar-refractivity contribution in [3.63, 3.8) is 0 Å². The van der Waals surface area contributed by atoms with Crippen molar-refractivity contribution in [2.45, 2.75) is 13.8 Å². The van der Waals surface area contributed by atoms with E-state index in [1.165, 1.54) is 0 Å². The first-order valence-electron chi connectivity index (χ1n) is 4.23. The second-order valence-electron chi connectivity index (χ2n) is 3.15. The van der Waals surface area contributed by atoms with Crippen molar-refractivity contribution in [3.8, 4) is 0 Å². The standard InChI is InChI=1S/C11H14ClO/c1-8-5-4-6-10(11(8)12)9(2)7-13-3/h4-6H,7H2,1-3H3. The molecule has 0 heterocycles. The summed E-state index contributed by atoms with van der Waals surface area (Å²) in [4.78, 5) is 0. The number of ether oxygens (including phenoxy) is 1. The lowest BCUT2D eigenvalue weighted by atomic mass is 10.00. The Morgan fingerprint density at radius 2 is 2.15 bits per heavy atom. The van der Waals surface area contributed by atoms with E-state index < -0.39 is 0 Å². The maximum absolute atomic E-state index is 6.15. The van der Waals surface area contributed by atoms with Gasteiger partial charge < -0.3 is 4.74 Å². The van der Waals surface area contributed by atoms with Crippen molar-refractivity contribution in [1.29, 1.82) is 0 Å². The molecule has 1 radical (unpaired) electrons. The maximum Gasteiger partial charge on any atom is 0.0566 e. The van der Waals surface area contributed by atoms with Crippen LogP contribution in [0.4, 0.5) is 0 Å². The Bertz CT molecular complexity index is 283. The highest BCUT2D eigenvalue weighted by atomic mass is 35.5. The van der Waals surface area contributed by atoms with Crippen LogP contribution < -0.4 is 0 Å². The van der Waals surface area contributed by atoms with Gasteiger partial charge in [0.15, 0.2) is 0 Å². The average molecular weight is 198 g/mol. The molecule has 0 aliphatic rings. The highest BCUT2D eigenvalue weighted by molar-refractivity contribution is 6.32. The van der Waals surface area contributed by atoms with E-state index in [2.05, 4.69) is 0 Å². The second-order valence-corrected chi connectivity index (χ2v) is 3.53. The van der Waals surface area contributed by atoms with Gasteiger partial charge in [0.1, 0.15) is 0 Å². The molecule has 1 aromatic carbocycles. The molecule has 0 saturated heterocycles. The molecule has 0 atom stereocenters. The van der Waals surface area contributed by atoms with E-state index >= 15 is 0 Å². The number of rotatable bonds is 3. The van der Waals surface area contributed by atoms with Crippen molar-refractivity contribution >= 4 is 11.6 Å². The third-order valence-corrected chi connectivity index (χ3v) is 2.51. The molecule has 0 N–H and O–H groups in total. The fourth-order valence-corrected chi connectivity index (χ4v) is 1.56. The molecule has 0 aliphatic heterocycles. The van der Waals surface area contributed by atoms with Crippen LogP contribution in [0.2, 0.25) is 5.02 Å². The van der Waals surface area contributed by atoms with E-state index in [4.69, 9.17) is 16.3 Å². The predicted molar refractivity (Wildman–Crippen MR) is 56.1 cm³/mol. The number of aryl methyl sites for hydroxylation is 1. The summed E-state index contributed by atoms with van der Waals surface area (Å²) in [6.07, 6.45) is 0. The summed E-state index contributed by atoms with van der Waals surface area (Å²) >= 11 is 6.15. The third kappa shape index (κ3) is 2.45. The molecule has 0 amide bonds. The zero-order valence-electron chi connectivity index (χ0n) is 8.23. The van der Waals surface area contributed by atoms with Gasteiger partial charge in [0.05, 0.1) is 6.61 Å². The van der Waals surface area contributed by atoms with Crippen LogP contribution in [0, 0.1) is 12.8 Å². The van der Waals surface area contributed by atoms with Crippen molar-refractivity contribution in [1.82, 2.24) is 0 Å². The molecule has 13 heavy (non-hydrogen) atoms. The first-order valence-corrected chi connectivity index (χ1v) is 4.61. The Morgan fingerprint density at radius 3 is 2.77 bits per heavy atom. The Labute approximate surface area is 84.7 Å². The van der Waals surface area contributed by atoms with E-state index in [9.17, 15) is 0 Å². The van der Waals surface area contributed by atoms with E-state index in [0.717, 1.165) is 22.1 Å². The average Bonchev–Trinajstić information content (AvgIpc) is 2.10. The van der Waals surface area contributed by atoms with Gasteiger partial charge in [0.25, 0.3) is 0 Å². The monoisotopic (exact) mass is 197 g/mol.